The maximum absolute atomic E-state index is 13.3. The number of fused-ring (bicyclic) bond motifs is 3. The molecule has 1 unspecified atom stereocenters. The molecule has 6 atom stereocenters. The van der Waals surface area contributed by atoms with E-state index in [0.717, 1.165) is 6.20 Å². The third-order valence-corrected chi connectivity index (χ3v) is 9.17. The molecule has 1 aromatic carbocycles. The van der Waals surface area contributed by atoms with Gasteiger partial charge < -0.3 is 46.5 Å². The average Bonchev–Trinajstić information content (AvgIpc) is 3.33. The van der Waals surface area contributed by atoms with E-state index in [1.807, 2.05) is 0 Å². The van der Waals surface area contributed by atoms with Gasteiger partial charge in [0.1, 0.15) is 41.7 Å². The molecule has 0 radical (unpaired) electrons. The minimum absolute atomic E-state index is 0.0365. The van der Waals surface area contributed by atoms with Crippen LogP contribution in [0.4, 0.5) is 5.82 Å². The van der Waals surface area contributed by atoms with Crippen LogP contribution in [0.3, 0.4) is 0 Å². The molecule has 0 saturated heterocycles. The summed E-state index contributed by atoms with van der Waals surface area (Å²) in [6, 6.07) is 3.05. The van der Waals surface area contributed by atoms with Crippen LogP contribution in [0, 0.1) is 28.9 Å². The first-order valence-electron chi connectivity index (χ1n) is 13.9. The Hall–Kier alpha value is -4.35. The van der Waals surface area contributed by atoms with Crippen LogP contribution in [0.1, 0.15) is 35.1 Å². The van der Waals surface area contributed by atoms with Gasteiger partial charge in [-0.3, -0.25) is 19.3 Å². The van der Waals surface area contributed by atoms with Gasteiger partial charge in [0, 0.05) is 24.3 Å². The summed E-state index contributed by atoms with van der Waals surface area (Å²) in [7, 11) is 3.06. The summed E-state index contributed by atoms with van der Waals surface area (Å²) >= 11 is 5.40. The Kier molecular flexibility index (Phi) is 9.09. The smallest absolute Gasteiger partial charge is 0.342 e. The maximum Gasteiger partial charge on any atom is 0.342 e. The number of nitrogens with zero attached hydrogens (tertiary/aromatic N) is 4. The predicted molar refractivity (Wildman–Crippen MR) is 160 cm³/mol. The predicted octanol–water partition coefficient (Wildman–Crippen LogP) is 0.485. The fourth-order valence-corrected chi connectivity index (χ4v) is 6.69. The van der Waals surface area contributed by atoms with E-state index in [1.165, 1.54) is 48.7 Å². The number of aliphatic hydroxyl groups is 5. The Morgan fingerprint density at radius 1 is 1.26 bits per heavy atom. The van der Waals surface area contributed by atoms with E-state index in [0.29, 0.717) is 5.82 Å². The highest BCUT2D eigenvalue weighted by Gasteiger charge is 2.65. The number of benzene rings is 1. The fourth-order valence-electron chi connectivity index (χ4n) is 6.60. The molecule has 0 spiro atoms. The highest BCUT2D eigenvalue weighted by Crippen LogP contribution is 2.56. The Bertz CT molecular complexity index is 1700. The van der Waals surface area contributed by atoms with Gasteiger partial charge in [-0.2, -0.15) is 0 Å². The van der Waals surface area contributed by atoms with Crippen molar-refractivity contribution in [3.8, 4) is 5.75 Å². The number of aliphatic hydroxyl groups excluding tert-OH is 3. The normalized spacial score (nSPS) is 27.8. The average molecular weight is 664 g/mol. The Morgan fingerprint density at radius 3 is 2.43 bits per heavy atom. The number of amides is 1. The summed E-state index contributed by atoms with van der Waals surface area (Å²) in [6.45, 7) is 3.12. The molecule has 248 valence electrons. The number of phenolic OH excluding ortho intramolecular Hbond substituents is 1. The van der Waals surface area contributed by atoms with Crippen molar-refractivity contribution in [3.05, 3.63) is 74.1 Å². The van der Waals surface area contributed by atoms with Gasteiger partial charge in [0.05, 0.1) is 23.1 Å². The molecule has 2 aromatic rings. The molecule has 1 amide bonds. The summed E-state index contributed by atoms with van der Waals surface area (Å²) in [6.07, 6.45) is 0.160. The minimum atomic E-state index is -2.75. The van der Waals surface area contributed by atoms with Gasteiger partial charge in [-0.25, -0.2) is 9.55 Å². The number of primary amides is 1. The van der Waals surface area contributed by atoms with E-state index < -0.39 is 86.0 Å². The summed E-state index contributed by atoms with van der Waals surface area (Å²) in [4.78, 5) is 53.6. The van der Waals surface area contributed by atoms with Gasteiger partial charge in [-0.1, -0.05) is 12.1 Å². The number of hydrogen-bond donors (Lipinski definition) is 7. The molecule has 0 fully saturated rings. The second-order valence-corrected chi connectivity index (χ2v) is 12.1. The number of likely N-dealkylation sites (N-methyl/N-ethyl adjacent to an activating group) is 1. The summed E-state index contributed by atoms with van der Waals surface area (Å²) in [5.41, 5.74) is -0.654. The molecule has 0 bridgehead atoms. The number of nitro groups is 1. The first-order chi connectivity index (χ1) is 21.3. The van der Waals surface area contributed by atoms with Gasteiger partial charge in [0.15, 0.2) is 17.2 Å². The number of phenols is 1. The highest BCUT2D eigenvalue weighted by atomic mass is 35.5. The van der Waals surface area contributed by atoms with Crippen molar-refractivity contribution in [1.29, 1.82) is 0 Å². The SMILES string of the molecule is CN(C)[C@@H]1C(O)=C(C(N)=O)C(=O)[C@@]2(O)C(O)=C3C(=O)c4c(O)cccc4[C@@](C)(O)[C@H]3C[C@@H]12.Cc1ncc([N+](=O)[O-])n1CC(O)CCl. The van der Waals surface area contributed by atoms with Crippen LogP contribution >= 0.6 is 11.6 Å². The Balaban J connectivity index is 0.000000288. The Morgan fingerprint density at radius 2 is 1.89 bits per heavy atom. The summed E-state index contributed by atoms with van der Waals surface area (Å²) in [5.74, 6) is -7.50. The van der Waals surface area contributed by atoms with E-state index in [4.69, 9.17) is 17.3 Å². The molecule has 16 nitrogen and oxygen atoms in total. The standard InChI is InChI=1S/C22H24N2O8.C7H10ClN3O3/c1-21(31)8-5-4-6-11(25)12(8)16(26)13-9(21)7-10-15(24(2)3)17(27)14(20(23)30)19(29)22(10,32)18(13)28;1-5-9-3-7(11(13)14)10(5)4-6(12)2-8/h4-6,9-10,15,25,27-28,31-32H,7H2,1-3H3,(H2,23,30);3,6,12H,2,4H2,1H3/t9-,10-,15-,21+,22-;/m0./s1. The van der Waals surface area contributed by atoms with Crippen molar-refractivity contribution < 1.29 is 49.9 Å². The third-order valence-electron chi connectivity index (χ3n) is 8.81. The molecular formula is C29H34ClN5O11. The number of hydrogen-bond acceptors (Lipinski definition) is 13. The van der Waals surface area contributed by atoms with Crippen LogP contribution in [0.25, 0.3) is 0 Å². The van der Waals surface area contributed by atoms with Crippen molar-refractivity contribution in [2.75, 3.05) is 20.0 Å². The zero-order chi connectivity index (χ0) is 34.6. The molecule has 46 heavy (non-hydrogen) atoms. The number of rotatable bonds is 6. The van der Waals surface area contributed by atoms with Crippen LogP contribution in [0.15, 0.2) is 47.1 Å². The van der Waals surface area contributed by atoms with E-state index in [9.17, 15) is 55.1 Å². The largest absolute Gasteiger partial charge is 0.510 e. The number of alkyl halides is 1. The highest BCUT2D eigenvalue weighted by molar-refractivity contribution is 6.24. The number of carbonyl (C=O) groups is 3. The second-order valence-electron chi connectivity index (χ2n) is 11.8. The number of aromatic hydroxyl groups is 1. The fraction of sp³-hybridized carbons (Fsp3) is 0.448. The minimum Gasteiger partial charge on any atom is -0.510 e. The maximum atomic E-state index is 13.3. The lowest BCUT2D eigenvalue weighted by Gasteiger charge is -2.52. The van der Waals surface area contributed by atoms with E-state index in [-0.39, 0.29) is 35.8 Å². The summed E-state index contributed by atoms with van der Waals surface area (Å²) in [5, 5.41) is 74.8. The van der Waals surface area contributed by atoms with Crippen LogP contribution in [0.5, 0.6) is 5.75 Å². The number of aryl methyl sites for hydroxylation is 1. The molecule has 8 N–H and O–H groups in total. The van der Waals surface area contributed by atoms with Gasteiger partial charge in [0.2, 0.25) is 5.78 Å². The summed E-state index contributed by atoms with van der Waals surface area (Å²) < 4.78 is 1.33. The van der Waals surface area contributed by atoms with Crippen molar-refractivity contribution in [3.63, 3.8) is 0 Å². The quantitative estimate of drug-likeness (QED) is 0.0961. The monoisotopic (exact) mass is 663 g/mol. The zero-order valence-corrected chi connectivity index (χ0v) is 26.0. The number of halogens is 1. The van der Waals surface area contributed by atoms with E-state index in [2.05, 4.69) is 4.98 Å². The van der Waals surface area contributed by atoms with Crippen LogP contribution in [-0.2, 0) is 21.7 Å². The van der Waals surface area contributed by atoms with Gasteiger partial charge in [-0.15, -0.1) is 11.6 Å². The van der Waals surface area contributed by atoms with Crippen molar-refractivity contribution in [2.45, 2.75) is 50.2 Å². The third kappa shape index (κ3) is 5.21. The van der Waals surface area contributed by atoms with Crippen LogP contribution < -0.4 is 5.73 Å². The molecule has 0 aliphatic heterocycles. The number of nitrogens with two attached hydrogens (primary N) is 1. The van der Waals surface area contributed by atoms with E-state index >= 15 is 0 Å². The molecule has 17 heteroatoms. The number of aromatic nitrogens is 2. The van der Waals surface area contributed by atoms with Gasteiger partial charge in [0.25, 0.3) is 5.91 Å². The topological polar surface area (TPSA) is 263 Å². The molecule has 1 aromatic heterocycles. The van der Waals surface area contributed by atoms with Crippen LogP contribution in [-0.4, -0.2) is 105 Å². The molecule has 1 heterocycles. The second kappa shape index (κ2) is 12.1. The first kappa shape index (κ1) is 34.5. The van der Waals surface area contributed by atoms with Crippen molar-refractivity contribution >= 4 is 34.9 Å². The lowest BCUT2D eigenvalue weighted by Crippen LogP contribution is -2.65. The number of ketones is 2. The van der Waals surface area contributed by atoms with E-state index in [1.54, 1.807) is 6.92 Å². The number of carbonyl (C=O) groups excluding carboxylic acids is 3. The molecule has 3 aliphatic carbocycles. The van der Waals surface area contributed by atoms with Crippen LogP contribution in [0.2, 0.25) is 0 Å². The first-order valence-corrected chi connectivity index (χ1v) is 14.5. The Labute approximate surface area is 266 Å². The van der Waals surface area contributed by atoms with Crippen molar-refractivity contribution in [1.82, 2.24) is 14.5 Å². The number of imidazole rings is 1. The van der Waals surface area contributed by atoms with Gasteiger partial charge in [-0.05, 0) is 44.0 Å². The molecular weight excluding hydrogens is 630 g/mol. The zero-order valence-electron chi connectivity index (χ0n) is 25.2. The lowest BCUT2D eigenvalue weighted by atomic mass is 9.55. The van der Waals surface area contributed by atoms with Crippen molar-refractivity contribution in [2.24, 2.45) is 17.6 Å². The molecule has 0 saturated carbocycles. The molecule has 5 rings (SSSR count). The van der Waals surface area contributed by atoms with Gasteiger partial charge >= 0.3 is 5.82 Å². The number of Topliss-reactive ketones (excluding diaryl/α,β-unsaturated/α-hetero) is 2. The lowest BCUT2D eigenvalue weighted by molar-refractivity contribution is -0.392. The molecule has 3 aliphatic rings.